The molecule has 1 rings (SSSR count). The van der Waals surface area contributed by atoms with Crippen molar-refractivity contribution in [3.63, 3.8) is 0 Å². The molecule has 0 radical (unpaired) electrons. The lowest BCUT2D eigenvalue weighted by Crippen LogP contribution is -2.20. The van der Waals surface area contributed by atoms with Crippen molar-refractivity contribution in [1.29, 1.82) is 0 Å². The van der Waals surface area contributed by atoms with Crippen LogP contribution in [-0.2, 0) is 0 Å². The van der Waals surface area contributed by atoms with E-state index in [1.54, 1.807) is 0 Å². The first kappa shape index (κ1) is 8.41. The Morgan fingerprint density at radius 2 is 2.18 bits per heavy atom. The summed E-state index contributed by atoms with van der Waals surface area (Å²) in [6.45, 7) is 0. The van der Waals surface area contributed by atoms with Crippen molar-refractivity contribution in [1.82, 2.24) is 9.59 Å². The van der Waals surface area contributed by atoms with Crippen molar-refractivity contribution in [2.75, 3.05) is 0 Å². The molecule has 7 heteroatoms. The Morgan fingerprint density at radius 1 is 1.55 bits per heavy atom. The standard InChI is InChI=1S/C4H3F3N2OS/c5-4(6,7)3(10)2-1-11-9-8-2/h1,3,10H/t3-/m1/s1. The zero-order valence-electron chi connectivity index (χ0n) is 5.04. The Bertz CT molecular complexity index is 222. The molecule has 1 aromatic rings. The molecule has 0 fully saturated rings. The predicted octanol–water partition coefficient (Wildman–Crippen LogP) is 1.13. The molecular weight excluding hydrogens is 181 g/mol. The third-order valence-electron chi connectivity index (χ3n) is 0.967. The van der Waals surface area contributed by atoms with Crippen molar-refractivity contribution in [2.45, 2.75) is 12.3 Å². The van der Waals surface area contributed by atoms with Crippen LogP contribution >= 0.6 is 11.5 Å². The summed E-state index contributed by atoms with van der Waals surface area (Å²) >= 11 is 0.763. The fraction of sp³-hybridized carbons (Fsp3) is 0.500. The van der Waals surface area contributed by atoms with Crippen LogP contribution in [0.15, 0.2) is 5.38 Å². The number of hydrogen-bond acceptors (Lipinski definition) is 4. The number of aliphatic hydroxyl groups excluding tert-OH is 1. The number of rotatable bonds is 1. The van der Waals surface area contributed by atoms with Gasteiger partial charge in [0, 0.05) is 5.38 Å². The van der Waals surface area contributed by atoms with Gasteiger partial charge < -0.3 is 5.11 Å². The van der Waals surface area contributed by atoms with Gasteiger partial charge in [-0.1, -0.05) is 4.49 Å². The monoisotopic (exact) mass is 184 g/mol. The summed E-state index contributed by atoms with van der Waals surface area (Å²) in [5.41, 5.74) is -0.456. The lowest BCUT2D eigenvalue weighted by atomic mass is 10.3. The zero-order valence-corrected chi connectivity index (χ0v) is 5.85. The molecule has 1 N–H and O–H groups in total. The van der Waals surface area contributed by atoms with E-state index in [4.69, 9.17) is 5.11 Å². The van der Waals surface area contributed by atoms with E-state index >= 15 is 0 Å². The third-order valence-corrected chi connectivity index (χ3v) is 1.49. The van der Waals surface area contributed by atoms with Crippen LogP contribution in [0.1, 0.15) is 11.8 Å². The minimum Gasteiger partial charge on any atom is -0.378 e. The SMILES string of the molecule is O[C@H](c1csnn1)C(F)(F)F. The number of nitrogens with zero attached hydrogens (tertiary/aromatic N) is 2. The molecule has 1 atom stereocenters. The average Bonchev–Trinajstić information content (AvgIpc) is 2.34. The molecule has 0 spiro atoms. The molecule has 1 heterocycles. The topological polar surface area (TPSA) is 46.0 Å². The number of hydrogen-bond donors (Lipinski definition) is 1. The molecule has 0 amide bonds. The maximum atomic E-state index is 11.7. The maximum Gasteiger partial charge on any atom is 0.420 e. The van der Waals surface area contributed by atoms with E-state index in [0.29, 0.717) is 0 Å². The molecule has 0 unspecified atom stereocenters. The Hall–Kier alpha value is -0.690. The van der Waals surface area contributed by atoms with E-state index in [2.05, 4.69) is 9.59 Å². The minimum absolute atomic E-state index is 0.456. The van der Waals surface area contributed by atoms with Gasteiger partial charge in [-0.2, -0.15) is 13.2 Å². The van der Waals surface area contributed by atoms with Crippen LogP contribution in [-0.4, -0.2) is 20.9 Å². The molecule has 0 saturated carbocycles. The van der Waals surface area contributed by atoms with Gasteiger partial charge >= 0.3 is 6.18 Å². The summed E-state index contributed by atoms with van der Waals surface area (Å²) in [7, 11) is 0. The second-order valence-electron chi connectivity index (χ2n) is 1.77. The van der Waals surface area contributed by atoms with Crippen LogP contribution in [0.3, 0.4) is 0 Å². The molecule has 1 aromatic heterocycles. The highest BCUT2D eigenvalue weighted by Crippen LogP contribution is 2.31. The van der Waals surface area contributed by atoms with E-state index < -0.39 is 18.0 Å². The van der Waals surface area contributed by atoms with Gasteiger partial charge in [0.05, 0.1) is 0 Å². The van der Waals surface area contributed by atoms with Crippen LogP contribution < -0.4 is 0 Å². The Morgan fingerprint density at radius 3 is 2.55 bits per heavy atom. The van der Waals surface area contributed by atoms with Crippen LogP contribution in [0.2, 0.25) is 0 Å². The first-order chi connectivity index (χ1) is 5.02. The van der Waals surface area contributed by atoms with Crippen molar-refractivity contribution >= 4 is 11.5 Å². The van der Waals surface area contributed by atoms with Crippen molar-refractivity contribution in [3.8, 4) is 0 Å². The van der Waals surface area contributed by atoms with Crippen LogP contribution in [0.4, 0.5) is 13.2 Å². The van der Waals surface area contributed by atoms with Crippen LogP contribution in [0, 0.1) is 0 Å². The quantitative estimate of drug-likeness (QED) is 0.711. The number of alkyl halides is 3. The van der Waals surface area contributed by atoms with E-state index in [1.807, 2.05) is 0 Å². The van der Waals surface area contributed by atoms with Gasteiger partial charge in [-0.05, 0) is 11.5 Å². The van der Waals surface area contributed by atoms with Gasteiger partial charge in [-0.3, -0.25) is 0 Å². The lowest BCUT2D eigenvalue weighted by molar-refractivity contribution is -0.207. The largest absolute Gasteiger partial charge is 0.420 e. The maximum absolute atomic E-state index is 11.7. The average molecular weight is 184 g/mol. The minimum atomic E-state index is -4.66. The van der Waals surface area contributed by atoms with Crippen molar-refractivity contribution < 1.29 is 18.3 Å². The highest BCUT2D eigenvalue weighted by molar-refractivity contribution is 7.03. The van der Waals surface area contributed by atoms with Gasteiger partial charge in [0.2, 0.25) is 0 Å². The summed E-state index contributed by atoms with van der Waals surface area (Å²) < 4.78 is 38.3. The highest BCUT2D eigenvalue weighted by Gasteiger charge is 2.40. The summed E-state index contributed by atoms with van der Waals surface area (Å²) in [5.74, 6) is 0. The van der Waals surface area contributed by atoms with Crippen molar-refractivity contribution in [2.24, 2.45) is 0 Å². The Labute approximate surface area is 63.6 Å². The lowest BCUT2D eigenvalue weighted by Gasteiger charge is -2.10. The Balaban J connectivity index is 2.78. The molecular formula is C4H3F3N2OS. The van der Waals surface area contributed by atoms with E-state index in [0.717, 1.165) is 16.9 Å². The first-order valence-corrected chi connectivity index (χ1v) is 3.37. The summed E-state index contributed by atoms with van der Waals surface area (Å²) in [4.78, 5) is 0. The van der Waals surface area contributed by atoms with E-state index in [-0.39, 0.29) is 0 Å². The Kier molecular flexibility index (Phi) is 2.10. The molecule has 0 aliphatic heterocycles. The van der Waals surface area contributed by atoms with E-state index in [1.165, 1.54) is 0 Å². The van der Waals surface area contributed by atoms with Gasteiger partial charge in [-0.15, -0.1) is 5.10 Å². The second kappa shape index (κ2) is 2.74. The van der Waals surface area contributed by atoms with Crippen LogP contribution in [0.25, 0.3) is 0 Å². The smallest absolute Gasteiger partial charge is 0.378 e. The summed E-state index contributed by atoms with van der Waals surface area (Å²) in [6, 6.07) is 0. The predicted molar refractivity (Wildman–Crippen MR) is 30.9 cm³/mol. The van der Waals surface area contributed by atoms with Crippen molar-refractivity contribution in [3.05, 3.63) is 11.1 Å². The first-order valence-electron chi connectivity index (χ1n) is 2.53. The molecule has 11 heavy (non-hydrogen) atoms. The molecule has 0 aliphatic rings. The molecule has 0 saturated heterocycles. The second-order valence-corrected chi connectivity index (χ2v) is 2.38. The fourth-order valence-electron chi connectivity index (χ4n) is 0.459. The van der Waals surface area contributed by atoms with Gasteiger partial charge in [0.1, 0.15) is 5.69 Å². The van der Waals surface area contributed by atoms with E-state index in [9.17, 15) is 13.2 Å². The molecule has 0 aliphatic carbocycles. The molecule has 0 aromatic carbocycles. The van der Waals surface area contributed by atoms with Gasteiger partial charge in [0.15, 0.2) is 6.10 Å². The molecule has 3 nitrogen and oxygen atoms in total. The number of halogens is 3. The zero-order chi connectivity index (χ0) is 8.48. The van der Waals surface area contributed by atoms with Gasteiger partial charge in [-0.25, -0.2) is 0 Å². The molecule has 62 valence electrons. The fourth-order valence-corrected chi connectivity index (χ4v) is 0.931. The number of aliphatic hydroxyl groups is 1. The van der Waals surface area contributed by atoms with Gasteiger partial charge in [0.25, 0.3) is 0 Å². The third kappa shape index (κ3) is 1.87. The number of aromatic nitrogens is 2. The summed E-state index contributed by atoms with van der Waals surface area (Å²) in [5, 5.41) is 12.7. The summed E-state index contributed by atoms with van der Waals surface area (Å²) in [6.07, 6.45) is -7.17. The normalized spacial score (nSPS) is 14.9. The molecule has 0 bridgehead atoms. The van der Waals surface area contributed by atoms with Crippen LogP contribution in [0.5, 0.6) is 0 Å². The highest BCUT2D eigenvalue weighted by atomic mass is 32.1.